The molecule has 2 aromatic heterocycles. The van der Waals surface area contributed by atoms with E-state index in [4.69, 9.17) is 28.4 Å². The van der Waals surface area contributed by atoms with Crippen LogP contribution in [0.1, 0.15) is 92.3 Å². The van der Waals surface area contributed by atoms with Crippen LogP contribution in [0, 0.1) is 51.2 Å². The van der Waals surface area contributed by atoms with Gasteiger partial charge in [-0.25, -0.2) is 8.78 Å². The Morgan fingerprint density at radius 3 is 1.45 bits per heavy atom. The molecule has 3 saturated heterocycles. The highest BCUT2D eigenvalue weighted by Gasteiger charge is 2.29. The van der Waals surface area contributed by atoms with Gasteiger partial charge in [0.1, 0.15) is 69.1 Å². The minimum atomic E-state index is -0.388. The number of thiophene rings is 2. The van der Waals surface area contributed by atoms with Crippen LogP contribution in [0.2, 0.25) is 0 Å². The van der Waals surface area contributed by atoms with Crippen molar-refractivity contribution in [1.29, 1.82) is 0 Å². The van der Waals surface area contributed by atoms with Crippen LogP contribution < -0.4 is 23.7 Å². The van der Waals surface area contributed by atoms with Crippen LogP contribution >= 0.6 is 22.7 Å². The molecule has 11 rings (SSSR count). The van der Waals surface area contributed by atoms with E-state index in [1.54, 1.807) is 70.2 Å². The molecule has 438 valence electrons. The lowest BCUT2D eigenvalue weighted by Gasteiger charge is -2.23. The van der Waals surface area contributed by atoms with E-state index in [1.807, 2.05) is 42.5 Å². The van der Waals surface area contributed by atoms with Gasteiger partial charge in [0.05, 0.1) is 20.0 Å². The summed E-state index contributed by atoms with van der Waals surface area (Å²) >= 11 is 2.56. The number of aryl methyl sites for hydroxylation is 4. The Morgan fingerprint density at radius 1 is 0.578 bits per heavy atom. The number of ketones is 2. The minimum absolute atomic E-state index is 0. The predicted octanol–water partition coefficient (Wildman–Crippen LogP) is 15.9. The van der Waals surface area contributed by atoms with E-state index >= 15 is 0 Å². The van der Waals surface area contributed by atoms with Crippen LogP contribution in [-0.2, 0) is 4.74 Å². The van der Waals surface area contributed by atoms with Crippen molar-refractivity contribution in [3.8, 4) is 46.0 Å². The fraction of sp³-hybridized carbons (Fsp3) is 0.364. The van der Waals surface area contributed by atoms with Gasteiger partial charge < -0.3 is 33.5 Å². The van der Waals surface area contributed by atoms with E-state index < -0.39 is 0 Å². The highest BCUT2D eigenvalue weighted by molar-refractivity contribution is 7.22. The van der Waals surface area contributed by atoms with Gasteiger partial charge in [-0.1, -0.05) is 7.43 Å². The van der Waals surface area contributed by atoms with Gasteiger partial charge in [-0.15, -0.1) is 22.7 Å². The van der Waals surface area contributed by atoms with Gasteiger partial charge in [-0.2, -0.15) is 0 Å². The highest BCUT2D eigenvalue weighted by atomic mass is 32.1. The lowest BCUT2D eigenvalue weighted by Crippen LogP contribution is -2.26. The zero-order valence-corrected chi connectivity index (χ0v) is 48.0. The molecule has 3 atom stereocenters. The lowest BCUT2D eigenvalue weighted by atomic mass is 9.97. The summed E-state index contributed by atoms with van der Waals surface area (Å²) in [6, 6.07) is 30.5. The van der Waals surface area contributed by atoms with Crippen LogP contribution in [0.5, 0.6) is 46.0 Å². The summed E-state index contributed by atoms with van der Waals surface area (Å²) in [6.45, 7) is 12.9. The van der Waals surface area contributed by atoms with Crippen molar-refractivity contribution in [3.05, 3.63) is 164 Å². The molecule has 0 radical (unpaired) electrons. The smallest absolute Gasteiger partial charge is 0.207 e. The molecule has 83 heavy (non-hydrogen) atoms. The van der Waals surface area contributed by atoms with Gasteiger partial charge >= 0.3 is 0 Å². The number of carbonyl (C=O) groups is 2. The van der Waals surface area contributed by atoms with E-state index in [2.05, 4.69) is 9.80 Å². The van der Waals surface area contributed by atoms with Crippen molar-refractivity contribution in [3.63, 3.8) is 0 Å². The molecule has 0 spiro atoms. The summed E-state index contributed by atoms with van der Waals surface area (Å²) in [5.41, 5.74) is 3.15. The average molecular weight is 1180 g/mol. The number of hydrogen-bond acceptors (Lipinski definition) is 13. The van der Waals surface area contributed by atoms with Crippen LogP contribution in [0.15, 0.2) is 109 Å². The normalized spacial score (nSPS) is 17.2. The van der Waals surface area contributed by atoms with E-state index in [1.165, 1.54) is 46.9 Å². The molecular weight excluding hydrogens is 1100 g/mol. The Labute approximate surface area is 490 Å². The Hall–Kier alpha value is -7.02. The maximum absolute atomic E-state index is 14.1. The van der Waals surface area contributed by atoms with E-state index in [0.29, 0.717) is 113 Å². The number of hydrogen-bond donors (Lipinski definition) is 1. The summed E-state index contributed by atoms with van der Waals surface area (Å²) in [5, 5.41) is 11.5. The lowest BCUT2D eigenvalue weighted by molar-refractivity contribution is -0.105. The Morgan fingerprint density at radius 2 is 1.01 bits per heavy atom. The monoisotopic (exact) mass is 1170 g/mol. The number of phenols is 1. The van der Waals surface area contributed by atoms with Crippen molar-refractivity contribution in [2.75, 3.05) is 72.4 Å². The third-order valence-electron chi connectivity index (χ3n) is 15.1. The Bertz CT molecular complexity index is 3500. The second-order valence-electron chi connectivity index (χ2n) is 21.3. The maximum Gasteiger partial charge on any atom is 0.207 e. The maximum atomic E-state index is 14.1. The second kappa shape index (κ2) is 27.6. The summed E-state index contributed by atoms with van der Waals surface area (Å²) in [4.78, 5) is 32.9. The topological polar surface area (TPSA) is 116 Å². The number of phenolic OH excluding ortho intramolecular Hbond substituents is 1. The first kappa shape index (κ1) is 60.6. The first-order valence-corrected chi connectivity index (χ1v) is 29.4. The van der Waals surface area contributed by atoms with Gasteiger partial charge in [0.25, 0.3) is 0 Å². The van der Waals surface area contributed by atoms with Crippen LogP contribution in [-0.4, -0.2) is 105 Å². The number of aromatic hydroxyl groups is 1. The number of fused-ring (bicyclic) bond motifs is 2. The Balaban J connectivity index is 0.000000199. The van der Waals surface area contributed by atoms with Gasteiger partial charge in [0.2, 0.25) is 11.6 Å². The van der Waals surface area contributed by atoms with Crippen molar-refractivity contribution >= 4 is 54.4 Å². The number of nitrogens with zero attached hydrogens (tertiary/aromatic N) is 2. The van der Waals surface area contributed by atoms with Crippen LogP contribution in [0.25, 0.3) is 20.2 Å². The third kappa shape index (κ3) is 14.7. The number of alkyl halides is 2. The molecule has 1 N–H and O–H groups in total. The molecule has 17 heteroatoms. The standard InChI is InChI=1S/C35H37F2NO5S.C30H29F2NO4S.CH4/c1-22-17-25(37)18-23(2)32(22)33(39)35-34(29-11-10-28(19-30(29)44-35)42-31-5-3-4-15-41-31)43-27-8-6-26(7-9-27)40-16-14-38-13-12-24(20-36)21-38;1-18-13-21(32)14-19(2)27(18)28(35)30-29(25-8-3-22(34)15-26(25)38-30)37-24-6-4-23(5-7-24)36-12-11-33-10-9-20(16-31)17-33;/h6-11,17-19,24,31H,3-5,12-16,20-21H2,1-2H3;3-8,13-15,20,34H,9-12,16-17H2,1-2H3;1H4/t24-,31?;20-;/m00./s1. The molecule has 0 saturated carbocycles. The average Bonchev–Trinajstić information content (AvgIpc) is 3.50. The van der Waals surface area contributed by atoms with Crippen LogP contribution in [0.4, 0.5) is 17.6 Å². The molecule has 3 fully saturated rings. The van der Waals surface area contributed by atoms with Crippen molar-refractivity contribution in [2.24, 2.45) is 11.8 Å². The summed E-state index contributed by atoms with van der Waals surface area (Å²) < 4.78 is 91.6. The molecule has 1 unspecified atom stereocenters. The van der Waals surface area contributed by atoms with Crippen LogP contribution in [0.3, 0.4) is 0 Å². The SMILES string of the molecule is C.Cc1cc(F)cc(C)c1C(=O)c1sc2cc(O)ccc2c1Oc1ccc(OCCN2CC[C@@H](CF)C2)cc1.Cc1cc(F)cc(C)c1C(=O)c1sc2cc(OC3CCCCO3)ccc2c1Oc1ccc(OCCN2CC[C@@H](CF)C2)cc1. The molecule has 6 aromatic carbocycles. The fourth-order valence-electron chi connectivity index (χ4n) is 10.9. The molecule has 11 nitrogen and oxygen atoms in total. The molecule has 8 aromatic rings. The number of ether oxygens (including phenoxy) is 6. The number of carbonyl (C=O) groups excluding carboxylic acids is 2. The number of likely N-dealkylation sites (tertiary alicyclic amines) is 2. The number of rotatable bonds is 20. The first-order chi connectivity index (χ1) is 39.7. The third-order valence-corrected chi connectivity index (χ3v) is 17.4. The van der Waals surface area contributed by atoms with Gasteiger partial charge in [0.15, 0.2) is 17.8 Å². The molecule has 3 aliphatic heterocycles. The summed E-state index contributed by atoms with van der Waals surface area (Å²) in [5.74, 6) is 3.11. The van der Waals surface area contributed by atoms with E-state index in [9.17, 15) is 32.3 Å². The van der Waals surface area contributed by atoms with Gasteiger partial charge in [-0.05, 0) is 198 Å². The van der Waals surface area contributed by atoms with Gasteiger partial charge in [-0.3, -0.25) is 28.2 Å². The zero-order valence-electron chi connectivity index (χ0n) is 46.4. The second-order valence-corrected chi connectivity index (χ2v) is 23.4. The molecule has 0 bridgehead atoms. The van der Waals surface area contributed by atoms with E-state index in [0.717, 1.165) is 81.5 Å². The van der Waals surface area contributed by atoms with E-state index in [-0.39, 0.29) is 67.9 Å². The number of benzene rings is 6. The van der Waals surface area contributed by atoms with Crippen molar-refractivity contribution < 1.29 is 60.7 Å². The highest BCUT2D eigenvalue weighted by Crippen LogP contribution is 2.46. The Kier molecular flexibility index (Phi) is 20.1. The number of halogens is 4. The largest absolute Gasteiger partial charge is 0.508 e. The zero-order chi connectivity index (χ0) is 57.4. The van der Waals surface area contributed by atoms with Crippen molar-refractivity contribution in [1.82, 2.24) is 9.80 Å². The van der Waals surface area contributed by atoms with Crippen molar-refractivity contribution in [2.45, 2.75) is 73.5 Å². The fourth-order valence-corrected chi connectivity index (χ4v) is 13.1. The summed E-state index contributed by atoms with van der Waals surface area (Å²) in [7, 11) is 0. The molecular formula is C66H70F4N2O9S2. The van der Waals surface area contributed by atoms with Gasteiger partial charge in [0, 0.05) is 75.7 Å². The summed E-state index contributed by atoms with van der Waals surface area (Å²) in [6.07, 6.45) is 4.43. The first-order valence-electron chi connectivity index (χ1n) is 27.8. The molecule has 0 aliphatic carbocycles. The predicted molar refractivity (Wildman–Crippen MR) is 320 cm³/mol. The molecule has 5 heterocycles. The minimum Gasteiger partial charge on any atom is -0.508 e. The molecule has 3 aliphatic rings. The quantitative estimate of drug-likeness (QED) is 0.0581. The molecule has 0 amide bonds.